The van der Waals surface area contributed by atoms with Crippen LogP contribution in [0.2, 0.25) is 0 Å². The smallest absolute Gasteiger partial charge is 0.0663 e. The van der Waals surface area contributed by atoms with Gasteiger partial charge < -0.3 is 9.64 Å². The maximum Gasteiger partial charge on any atom is 0.0663 e. The second-order valence-electron chi connectivity index (χ2n) is 4.33. The van der Waals surface area contributed by atoms with E-state index in [4.69, 9.17) is 4.74 Å². The summed E-state index contributed by atoms with van der Waals surface area (Å²) in [5, 5.41) is 0.916. The van der Waals surface area contributed by atoms with E-state index in [9.17, 15) is 0 Å². The summed E-state index contributed by atoms with van der Waals surface area (Å²) in [7, 11) is 1.75. The molecule has 0 fully saturated rings. The number of aryl methyl sites for hydroxylation is 1. The number of rotatable bonds is 6. The summed E-state index contributed by atoms with van der Waals surface area (Å²) >= 11 is 3.51. The molecule has 0 aromatic heterocycles. The number of nitrogens with zero attached hydrogens (tertiary/aromatic N) is 1. The lowest BCUT2D eigenvalue weighted by molar-refractivity contribution is 0.182. The first-order valence-corrected chi connectivity index (χ1v) is 7.17. The van der Waals surface area contributed by atoms with Gasteiger partial charge in [-0.05, 0) is 44.0 Å². The molecule has 0 heterocycles. The Kier molecular flexibility index (Phi) is 6.00. The molecule has 0 saturated heterocycles. The summed E-state index contributed by atoms with van der Waals surface area (Å²) in [5.41, 5.74) is 3.96. The van der Waals surface area contributed by atoms with Crippen LogP contribution in [0.1, 0.15) is 25.0 Å². The lowest BCUT2D eigenvalue weighted by Crippen LogP contribution is -2.36. The third-order valence-electron chi connectivity index (χ3n) is 3.08. The van der Waals surface area contributed by atoms with Gasteiger partial charge in [-0.1, -0.05) is 22.0 Å². The van der Waals surface area contributed by atoms with Crippen molar-refractivity contribution in [3.8, 4) is 0 Å². The van der Waals surface area contributed by atoms with Crippen molar-refractivity contribution < 1.29 is 4.74 Å². The first-order valence-electron chi connectivity index (χ1n) is 6.05. The van der Waals surface area contributed by atoms with Crippen molar-refractivity contribution in [2.75, 3.05) is 25.2 Å². The van der Waals surface area contributed by atoms with Crippen LogP contribution in [0.5, 0.6) is 0 Å². The molecule has 1 aromatic rings. The highest BCUT2D eigenvalue weighted by Crippen LogP contribution is 2.22. The van der Waals surface area contributed by atoms with Crippen LogP contribution in [0.25, 0.3) is 0 Å². The second-order valence-corrected chi connectivity index (χ2v) is 4.90. The number of halogens is 1. The van der Waals surface area contributed by atoms with Gasteiger partial charge in [-0.15, -0.1) is 0 Å². The number of ether oxygens (including phenoxy) is 1. The van der Waals surface area contributed by atoms with Crippen LogP contribution in [-0.2, 0) is 10.1 Å². The van der Waals surface area contributed by atoms with Crippen LogP contribution in [0.3, 0.4) is 0 Å². The number of anilines is 1. The van der Waals surface area contributed by atoms with Crippen molar-refractivity contribution in [1.29, 1.82) is 0 Å². The maximum absolute atomic E-state index is 5.23. The highest BCUT2D eigenvalue weighted by Gasteiger charge is 2.13. The van der Waals surface area contributed by atoms with Crippen molar-refractivity contribution in [3.63, 3.8) is 0 Å². The largest absolute Gasteiger partial charge is 0.383 e. The minimum Gasteiger partial charge on any atom is -0.383 e. The quantitative estimate of drug-likeness (QED) is 0.742. The van der Waals surface area contributed by atoms with Gasteiger partial charge in [0.2, 0.25) is 0 Å². The summed E-state index contributed by atoms with van der Waals surface area (Å²) < 4.78 is 5.23. The van der Waals surface area contributed by atoms with Crippen LogP contribution in [0.15, 0.2) is 18.2 Å². The van der Waals surface area contributed by atoms with Crippen molar-refractivity contribution in [3.05, 3.63) is 29.3 Å². The molecule has 0 amide bonds. The van der Waals surface area contributed by atoms with Gasteiger partial charge in [0, 0.05) is 30.7 Å². The van der Waals surface area contributed by atoms with Gasteiger partial charge in [-0.25, -0.2) is 0 Å². The number of hydrogen-bond acceptors (Lipinski definition) is 2. The zero-order valence-electron chi connectivity index (χ0n) is 11.2. The van der Waals surface area contributed by atoms with E-state index in [1.54, 1.807) is 7.11 Å². The Morgan fingerprint density at radius 1 is 1.41 bits per heavy atom. The van der Waals surface area contributed by atoms with Crippen LogP contribution >= 0.6 is 15.9 Å². The lowest BCUT2D eigenvalue weighted by atomic mass is 10.1. The molecule has 1 atom stereocenters. The van der Waals surface area contributed by atoms with E-state index in [-0.39, 0.29) is 0 Å². The molecule has 17 heavy (non-hydrogen) atoms. The Hall–Kier alpha value is -0.540. The number of methoxy groups -OCH3 is 1. The van der Waals surface area contributed by atoms with E-state index in [2.05, 4.69) is 59.8 Å². The minimum absolute atomic E-state index is 0.402. The zero-order valence-corrected chi connectivity index (χ0v) is 12.8. The van der Waals surface area contributed by atoms with Gasteiger partial charge in [0.15, 0.2) is 0 Å². The third-order valence-corrected chi connectivity index (χ3v) is 3.69. The number of likely N-dealkylation sites (N-methyl/N-ethyl adjacent to an activating group) is 1. The number of benzene rings is 1. The summed E-state index contributed by atoms with van der Waals surface area (Å²) in [6.45, 7) is 8.29. The van der Waals surface area contributed by atoms with Gasteiger partial charge in [-0.2, -0.15) is 0 Å². The molecule has 2 nitrogen and oxygen atoms in total. The highest BCUT2D eigenvalue weighted by atomic mass is 79.9. The molecule has 0 bridgehead atoms. The Bertz CT molecular complexity index is 354. The van der Waals surface area contributed by atoms with Crippen LogP contribution in [0.4, 0.5) is 5.69 Å². The van der Waals surface area contributed by atoms with Gasteiger partial charge in [0.25, 0.3) is 0 Å². The SMILES string of the molecule is CCN(c1ccc(CBr)c(C)c1)C(C)COC. The summed E-state index contributed by atoms with van der Waals surface area (Å²) in [6.07, 6.45) is 0. The molecule has 0 spiro atoms. The fourth-order valence-corrected chi connectivity index (χ4v) is 2.72. The molecular formula is C14H22BrNO. The fraction of sp³-hybridized carbons (Fsp3) is 0.571. The summed E-state index contributed by atoms with van der Waals surface area (Å²) in [4.78, 5) is 2.37. The standard InChI is InChI=1S/C14H22BrNO/c1-5-16(12(3)10-17-4)14-7-6-13(9-15)11(2)8-14/h6-8,12H,5,9-10H2,1-4H3. The predicted octanol–water partition coefficient (Wildman–Crippen LogP) is 3.75. The third kappa shape index (κ3) is 3.71. The van der Waals surface area contributed by atoms with E-state index < -0.39 is 0 Å². The lowest BCUT2D eigenvalue weighted by Gasteiger charge is -2.30. The molecule has 0 aliphatic rings. The van der Waals surface area contributed by atoms with Crippen molar-refractivity contribution in [1.82, 2.24) is 0 Å². The molecule has 0 N–H and O–H groups in total. The average molecular weight is 300 g/mol. The first-order chi connectivity index (χ1) is 8.13. The second kappa shape index (κ2) is 7.02. The highest BCUT2D eigenvalue weighted by molar-refractivity contribution is 9.08. The van der Waals surface area contributed by atoms with Gasteiger partial charge in [0.05, 0.1) is 6.61 Å². The van der Waals surface area contributed by atoms with E-state index in [1.807, 2.05) is 0 Å². The van der Waals surface area contributed by atoms with Crippen molar-refractivity contribution in [2.24, 2.45) is 0 Å². The van der Waals surface area contributed by atoms with E-state index in [0.717, 1.165) is 18.5 Å². The van der Waals surface area contributed by atoms with Crippen LogP contribution in [0, 0.1) is 6.92 Å². The van der Waals surface area contributed by atoms with Crippen molar-refractivity contribution in [2.45, 2.75) is 32.1 Å². The molecule has 0 saturated carbocycles. The van der Waals surface area contributed by atoms with Crippen LogP contribution < -0.4 is 4.90 Å². The molecule has 0 radical (unpaired) electrons. The molecule has 96 valence electrons. The summed E-state index contributed by atoms with van der Waals surface area (Å²) in [6, 6.07) is 7.05. The normalized spacial score (nSPS) is 12.5. The molecular weight excluding hydrogens is 278 g/mol. The molecule has 0 aliphatic heterocycles. The topological polar surface area (TPSA) is 12.5 Å². The Labute approximate surface area is 113 Å². The van der Waals surface area contributed by atoms with E-state index in [1.165, 1.54) is 16.8 Å². The minimum atomic E-state index is 0.402. The predicted molar refractivity (Wildman–Crippen MR) is 78.2 cm³/mol. The molecule has 1 aromatic carbocycles. The van der Waals surface area contributed by atoms with E-state index >= 15 is 0 Å². The Morgan fingerprint density at radius 2 is 2.12 bits per heavy atom. The van der Waals surface area contributed by atoms with E-state index in [0.29, 0.717) is 6.04 Å². The van der Waals surface area contributed by atoms with Gasteiger partial charge in [0.1, 0.15) is 0 Å². The maximum atomic E-state index is 5.23. The molecule has 0 aliphatic carbocycles. The monoisotopic (exact) mass is 299 g/mol. The summed E-state index contributed by atoms with van der Waals surface area (Å²) in [5.74, 6) is 0. The first kappa shape index (κ1) is 14.5. The van der Waals surface area contributed by atoms with Crippen molar-refractivity contribution >= 4 is 21.6 Å². The van der Waals surface area contributed by atoms with Gasteiger partial charge in [-0.3, -0.25) is 0 Å². The van der Waals surface area contributed by atoms with Gasteiger partial charge >= 0.3 is 0 Å². The molecule has 1 unspecified atom stereocenters. The molecule has 1 rings (SSSR count). The Morgan fingerprint density at radius 3 is 2.59 bits per heavy atom. The fourth-order valence-electron chi connectivity index (χ4n) is 2.09. The van der Waals surface area contributed by atoms with Crippen LogP contribution in [-0.4, -0.2) is 26.3 Å². The Balaban J connectivity index is 2.92. The molecule has 3 heteroatoms. The number of alkyl halides is 1. The zero-order chi connectivity index (χ0) is 12.8. The average Bonchev–Trinajstić information content (AvgIpc) is 2.30. The number of hydrogen-bond donors (Lipinski definition) is 0.